The van der Waals surface area contributed by atoms with E-state index in [1.54, 1.807) is 13.8 Å². The van der Waals surface area contributed by atoms with Gasteiger partial charge in [0.25, 0.3) is 0 Å². The number of carbonyl (C=O) groups is 2. The van der Waals surface area contributed by atoms with Gasteiger partial charge < -0.3 is 9.47 Å². The van der Waals surface area contributed by atoms with Crippen molar-refractivity contribution in [3.05, 3.63) is 23.3 Å². The minimum Gasteiger partial charge on any atom is -0.463 e. The van der Waals surface area contributed by atoms with Crippen LogP contribution in [0.2, 0.25) is 0 Å². The molecule has 2 atom stereocenters. The summed E-state index contributed by atoms with van der Waals surface area (Å²) in [5.74, 6) is -0.683. The second-order valence-corrected chi connectivity index (χ2v) is 6.38. The molecule has 0 saturated heterocycles. The van der Waals surface area contributed by atoms with E-state index in [1.165, 1.54) is 12.8 Å². The highest BCUT2D eigenvalue weighted by Gasteiger charge is 2.70. The van der Waals surface area contributed by atoms with Crippen molar-refractivity contribution in [2.45, 2.75) is 52.4 Å². The maximum absolute atomic E-state index is 12.5. The molecule has 3 rings (SSSR count). The van der Waals surface area contributed by atoms with Crippen LogP contribution in [0.5, 0.6) is 0 Å². The standard InChI is InChI=1S/C18H24O4/c1-3-21-15(19)13-14(16(20)22-4-2)18-10-8-6-5-7-9-17(13,18)11-12-18/h11-12H,3-10H2,1-2H3. The van der Waals surface area contributed by atoms with Gasteiger partial charge >= 0.3 is 11.9 Å². The Balaban J connectivity index is 2.04. The predicted molar refractivity (Wildman–Crippen MR) is 82.0 cm³/mol. The van der Waals surface area contributed by atoms with Gasteiger partial charge in [-0.15, -0.1) is 0 Å². The molecule has 0 N–H and O–H groups in total. The molecule has 3 aliphatic carbocycles. The molecule has 0 heterocycles. The molecule has 22 heavy (non-hydrogen) atoms. The molecular formula is C18H24O4. The summed E-state index contributed by atoms with van der Waals surface area (Å²) in [5, 5.41) is 0. The molecule has 0 aromatic carbocycles. The van der Waals surface area contributed by atoms with E-state index in [4.69, 9.17) is 9.47 Å². The van der Waals surface area contributed by atoms with Crippen LogP contribution in [0.1, 0.15) is 52.4 Å². The van der Waals surface area contributed by atoms with Gasteiger partial charge in [0.15, 0.2) is 0 Å². The lowest BCUT2D eigenvalue weighted by Gasteiger charge is -2.63. The second kappa shape index (κ2) is 5.56. The molecule has 0 amide bonds. The highest BCUT2D eigenvalue weighted by Crippen LogP contribution is 2.73. The SMILES string of the molecule is CCOC(=O)C1=C(C(=O)OCC)C23C=CC12CCCCCC3. The van der Waals surface area contributed by atoms with E-state index in [-0.39, 0.29) is 22.8 Å². The summed E-state index contributed by atoms with van der Waals surface area (Å²) >= 11 is 0. The highest BCUT2D eigenvalue weighted by molar-refractivity contribution is 6.08. The minimum atomic E-state index is -0.342. The van der Waals surface area contributed by atoms with E-state index in [0.29, 0.717) is 24.4 Å². The lowest BCUT2D eigenvalue weighted by atomic mass is 9.37. The summed E-state index contributed by atoms with van der Waals surface area (Å²) in [6.07, 6.45) is 10.7. The van der Waals surface area contributed by atoms with Gasteiger partial charge in [-0.1, -0.05) is 37.8 Å². The average Bonchev–Trinajstić information content (AvgIpc) is 2.49. The van der Waals surface area contributed by atoms with Crippen molar-refractivity contribution >= 4 is 11.9 Å². The summed E-state index contributed by atoms with van der Waals surface area (Å²) in [7, 11) is 0. The Morgan fingerprint density at radius 3 is 1.59 bits per heavy atom. The molecule has 120 valence electrons. The molecule has 2 unspecified atom stereocenters. The third-order valence-electron chi connectivity index (χ3n) is 5.44. The van der Waals surface area contributed by atoms with Crippen LogP contribution in [0.4, 0.5) is 0 Å². The van der Waals surface area contributed by atoms with Crippen LogP contribution < -0.4 is 0 Å². The summed E-state index contributed by atoms with van der Waals surface area (Å²) in [5.41, 5.74) is 0.582. The van der Waals surface area contributed by atoms with Crippen LogP contribution in [-0.2, 0) is 19.1 Å². The molecule has 0 bridgehead atoms. The van der Waals surface area contributed by atoms with Crippen LogP contribution in [0, 0.1) is 10.8 Å². The summed E-state index contributed by atoms with van der Waals surface area (Å²) in [6.45, 7) is 4.23. The van der Waals surface area contributed by atoms with E-state index in [1.807, 2.05) is 0 Å². The maximum atomic E-state index is 12.5. The minimum absolute atomic E-state index is 0.276. The quantitative estimate of drug-likeness (QED) is 0.590. The molecule has 3 aliphatic rings. The van der Waals surface area contributed by atoms with Gasteiger partial charge in [-0.25, -0.2) is 9.59 Å². The number of esters is 2. The lowest BCUT2D eigenvalue weighted by molar-refractivity contribution is -0.149. The van der Waals surface area contributed by atoms with Gasteiger partial charge in [0.2, 0.25) is 0 Å². The third kappa shape index (κ3) is 1.82. The zero-order valence-electron chi connectivity index (χ0n) is 13.4. The summed E-state index contributed by atoms with van der Waals surface area (Å²) < 4.78 is 10.5. The molecule has 0 aromatic rings. The highest BCUT2D eigenvalue weighted by atomic mass is 16.5. The molecule has 0 aromatic heterocycles. The number of rotatable bonds is 4. The van der Waals surface area contributed by atoms with E-state index < -0.39 is 0 Å². The van der Waals surface area contributed by atoms with Crippen molar-refractivity contribution in [1.29, 1.82) is 0 Å². The van der Waals surface area contributed by atoms with E-state index >= 15 is 0 Å². The Bertz CT molecular complexity index is 511. The predicted octanol–water partition coefficient (Wildman–Crippen LogP) is 3.32. The Hall–Kier alpha value is -1.58. The fourth-order valence-corrected chi connectivity index (χ4v) is 4.48. The monoisotopic (exact) mass is 304 g/mol. The summed E-state index contributed by atoms with van der Waals surface area (Å²) in [4.78, 5) is 24.9. The number of allylic oxidation sites excluding steroid dienone is 2. The molecule has 0 aliphatic heterocycles. The first kappa shape index (κ1) is 15.3. The molecule has 1 saturated carbocycles. The first-order chi connectivity index (χ1) is 10.6. The molecule has 4 nitrogen and oxygen atoms in total. The molecule has 0 spiro atoms. The van der Waals surface area contributed by atoms with Gasteiger partial charge in [0.1, 0.15) is 0 Å². The van der Waals surface area contributed by atoms with Gasteiger partial charge in [0, 0.05) is 10.8 Å². The molecule has 4 heteroatoms. The van der Waals surface area contributed by atoms with Crippen LogP contribution >= 0.6 is 0 Å². The van der Waals surface area contributed by atoms with Crippen molar-refractivity contribution in [3.8, 4) is 0 Å². The maximum Gasteiger partial charge on any atom is 0.335 e. The Kier molecular flexibility index (Phi) is 3.87. The van der Waals surface area contributed by atoms with Gasteiger partial charge in [-0.05, 0) is 26.7 Å². The first-order valence-electron chi connectivity index (χ1n) is 8.43. The van der Waals surface area contributed by atoms with Crippen LogP contribution in [0.3, 0.4) is 0 Å². The fourth-order valence-electron chi connectivity index (χ4n) is 4.48. The molecule has 0 radical (unpaired) electrons. The van der Waals surface area contributed by atoms with Crippen LogP contribution in [0.25, 0.3) is 0 Å². The molecule has 1 fully saturated rings. The van der Waals surface area contributed by atoms with Crippen LogP contribution in [0.15, 0.2) is 23.3 Å². The Morgan fingerprint density at radius 2 is 1.27 bits per heavy atom. The third-order valence-corrected chi connectivity index (χ3v) is 5.44. The van der Waals surface area contributed by atoms with E-state index in [0.717, 1.165) is 25.7 Å². The fraction of sp³-hybridized carbons (Fsp3) is 0.667. The zero-order valence-corrected chi connectivity index (χ0v) is 13.4. The number of hydrogen-bond donors (Lipinski definition) is 0. The Morgan fingerprint density at radius 1 is 0.864 bits per heavy atom. The number of ether oxygens (including phenoxy) is 2. The topological polar surface area (TPSA) is 52.6 Å². The number of hydrogen-bond acceptors (Lipinski definition) is 4. The van der Waals surface area contributed by atoms with Crippen molar-refractivity contribution in [3.63, 3.8) is 0 Å². The number of carbonyl (C=O) groups excluding carboxylic acids is 2. The normalized spacial score (nSPS) is 32.6. The lowest BCUT2D eigenvalue weighted by Crippen LogP contribution is -2.61. The second-order valence-electron chi connectivity index (χ2n) is 6.38. The van der Waals surface area contributed by atoms with Gasteiger partial charge in [0.05, 0.1) is 24.4 Å². The molecular weight excluding hydrogens is 280 g/mol. The zero-order chi connectivity index (χ0) is 15.8. The van der Waals surface area contributed by atoms with E-state index in [2.05, 4.69) is 12.2 Å². The van der Waals surface area contributed by atoms with Crippen molar-refractivity contribution < 1.29 is 19.1 Å². The average molecular weight is 304 g/mol. The van der Waals surface area contributed by atoms with Gasteiger partial charge in [-0.2, -0.15) is 0 Å². The smallest absolute Gasteiger partial charge is 0.335 e. The first-order valence-corrected chi connectivity index (χ1v) is 8.43. The van der Waals surface area contributed by atoms with Gasteiger partial charge in [-0.3, -0.25) is 0 Å². The largest absolute Gasteiger partial charge is 0.463 e. The Labute approximate surface area is 131 Å². The van der Waals surface area contributed by atoms with Crippen LogP contribution in [-0.4, -0.2) is 25.2 Å². The summed E-state index contributed by atoms with van der Waals surface area (Å²) in [6, 6.07) is 0. The van der Waals surface area contributed by atoms with E-state index in [9.17, 15) is 9.59 Å². The van der Waals surface area contributed by atoms with Crippen molar-refractivity contribution in [2.75, 3.05) is 13.2 Å². The van der Waals surface area contributed by atoms with Crippen molar-refractivity contribution in [1.82, 2.24) is 0 Å². The van der Waals surface area contributed by atoms with Crippen molar-refractivity contribution in [2.24, 2.45) is 10.8 Å².